The molecule has 3 rings (SSSR count). The fraction of sp³-hybridized carbons (Fsp3) is 0.458. The number of ether oxygens (including phenoxy) is 1. The summed E-state index contributed by atoms with van der Waals surface area (Å²) < 4.78 is 47.2. The number of rotatable bonds is 7. The highest BCUT2D eigenvalue weighted by Gasteiger charge is 2.30. The van der Waals surface area contributed by atoms with Gasteiger partial charge in [-0.2, -0.15) is 8.78 Å². The number of nitrogens with one attached hydrogen (secondary N) is 1. The Morgan fingerprint density at radius 3 is 2.41 bits per heavy atom. The molecule has 0 heterocycles. The molecule has 0 aliphatic heterocycles. The van der Waals surface area contributed by atoms with Crippen molar-refractivity contribution in [1.29, 1.82) is 0 Å². The summed E-state index contributed by atoms with van der Waals surface area (Å²) in [7, 11) is -3.59. The van der Waals surface area contributed by atoms with Crippen molar-refractivity contribution < 1.29 is 27.6 Å². The number of carbonyl (C=O) groups excluding carboxylic acids is 1. The van der Waals surface area contributed by atoms with E-state index in [0.29, 0.717) is 27.9 Å². The van der Waals surface area contributed by atoms with Crippen molar-refractivity contribution >= 4 is 21.6 Å². The normalized spacial score (nSPS) is 15.9. The molecule has 34 heavy (non-hydrogen) atoms. The van der Waals surface area contributed by atoms with E-state index in [9.17, 15) is 22.9 Å². The van der Waals surface area contributed by atoms with Gasteiger partial charge in [0.15, 0.2) is 0 Å². The monoisotopic (exact) mass is 495 g/mol. The molecule has 1 fully saturated rings. The Kier molecular flexibility index (Phi) is 7.35. The molecule has 0 unspecified atom stereocenters. The second kappa shape index (κ2) is 9.59. The van der Waals surface area contributed by atoms with Gasteiger partial charge in [0.25, 0.3) is 0 Å². The van der Waals surface area contributed by atoms with Crippen LogP contribution in [-0.2, 0) is 15.5 Å². The van der Waals surface area contributed by atoms with E-state index in [-0.39, 0.29) is 22.5 Å². The first-order valence-corrected chi connectivity index (χ1v) is 12.6. The molecule has 1 saturated carbocycles. The number of urea groups is 1. The van der Waals surface area contributed by atoms with Gasteiger partial charge in [0.2, 0.25) is 0 Å². The SMILES string of the molecule is Cc1cc(C(C)(C)O)ccc1[S@@](N)(=O)=NC(=O)Nc1c(C(C)C)cc(OC(F)F)cc1C1CC1. The minimum Gasteiger partial charge on any atom is -0.435 e. The van der Waals surface area contributed by atoms with Gasteiger partial charge in [-0.05, 0) is 85.9 Å². The van der Waals surface area contributed by atoms with Gasteiger partial charge in [0.1, 0.15) is 15.7 Å². The zero-order valence-corrected chi connectivity index (χ0v) is 20.7. The molecule has 1 aliphatic carbocycles. The lowest BCUT2D eigenvalue weighted by molar-refractivity contribution is -0.0499. The fourth-order valence-corrected chi connectivity index (χ4v) is 4.98. The minimum atomic E-state index is -3.59. The summed E-state index contributed by atoms with van der Waals surface area (Å²) in [5.74, 6) is 0.0152. The number of nitrogens with zero attached hydrogens (tertiary/aromatic N) is 1. The predicted octanol–water partition coefficient (Wildman–Crippen LogP) is 5.76. The molecule has 2 aromatic carbocycles. The molecule has 2 aromatic rings. The van der Waals surface area contributed by atoms with Crippen LogP contribution in [0.15, 0.2) is 39.6 Å². The van der Waals surface area contributed by atoms with Gasteiger partial charge in [0, 0.05) is 5.69 Å². The smallest absolute Gasteiger partial charge is 0.387 e. The first kappa shape index (κ1) is 26.1. The Morgan fingerprint density at radius 1 is 1.26 bits per heavy atom. The van der Waals surface area contributed by atoms with E-state index >= 15 is 0 Å². The molecule has 1 atom stereocenters. The number of hydrogen-bond acceptors (Lipinski definition) is 4. The van der Waals surface area contributed by atoms with Crippen molar-refractivity contribution in [3.8, 4) is 5.75 Å². The van der Waals surface area contributed by atoms with E-state index in [0.717, 1.165) is 12.8 Å². The van der Waals surface area contributed by atoms with Crippen molar-refractivity contribution in [2.75, 3.05) is 5.32 Å². The van der Waals surface area contributed by atoms with E-state index in [1.54, 1.807) is 32.9 Å². The molecule has 2 amide bonds. The van der Waals surface area contributed by atoms with Gasteiger partial charge >= 0.3 is 12.6 Å². The third-order valence-electron chi connectivity index (χ3n) is 5.68. The van der Waals surface area contributed by atoms with Crippen LogP contribution in [0.3, 0.4) is 0 Å². The Morgan fingerprint density at radius 2 is 1.91 bits per heavy atom. The Labute approximate surface area is 199 Å². The van der Waals surface area contributed by atoms with Crippen LogP contribution in [-0.4, -0.2) is 22.0 Å². The third kappa shape index (κ3) is 6.11. The highest BCUT2D eigenvalue weighted by atomic mass is 32.2. The van der Waals surface area contributed by atoms with E-state index in [4.69, 9.17) is 5.14 Å². The van der Waals surface area contributed by atoms with Crippen molar-refractivity contribution in [2.45, 2.75) is 76.4 Å². The van der Waals surface area contributed by atoms with Gasteiger partial charge in [0.05, 0.1) is 10.5 Å². The average molecular weight is 496 g/mol. The molecule has 4 N–H and O–H groups in total. The van der Waals surface area contributed by atoms with Crippen molar-refractivity contribution in [3.05, 3.63) is 52.6 Å². The lowest BCUT2D eigenvalue weighted by Crippen LogP contribution is -2.21. The molecule has 0 saturated heterocycles. The predicted molar refractivity (Wildman–Crippen MR) is 128 cm³/mol. The maximum atomic E-state index is 13.2. The van der Waals surface area contributed by atoms with Crippen LogP contribution in [0.25, 0.3) is 0 Å². The van der Waals surface area contributed by atoms with E-state index in [1.807, 2.05) is 13.8 Å². The highest BCUT2D eigenvalue weighted by Crippen LogP contribution is 2.47. The van der Waals surface area contributed by atoms with Crippen LogP contribution >= 0.6 is 0 Å². The molecule has 0 bridgehead atoms. The summed E-state index contributed by atoms with van der Waals surface area (Å²) >= 11 is 0. The third-order valence-corrected chi connectivity index (χ3v) is 7.21. The number of amides is 2. The lowest BCUT2D eigenvalue weighted by Gasteiger charge is -2.20. The van der Waals surface area contributed by atoms with Crippen LogP contribution < -0.4 is 15.2 Å². The van der Waals surface area contributed by atoms with Crippen LogP contribution in [0.2, 0.25) is 0 Å². The standard InChI is InChI=1S/C24H31F2N3O4S/c1-13(2)18-11-17(33-22(25)26)12-19(15-6-7-15)21(18)28-23(30)29-34(27,32)20-9-8-16(10-14(20)3)24(4,5)31/h8-13,15,22,31H,6-7H2,1-5H3,(H3,27,28,29,30,32)/t34-/m0/s1. The number of aliphatic hydroxyl groups is 1. The minimum absolute atomic E-state index is 0.0284. The summed E-state index contributed by atoms with van der Waals surface area (Å²) in [6.45, 7) is 5.69. The maximum Gasteiger partial charge on any atom is 0.387 e. The summed E-state index contributed by atoms with van der Waals surface area (Å²) in [6.07, 6.45) is 1.71. The number of halogens is 2. The van der Waals surface area contributed by atoms with Crippen molar-refractivity contribution in [2.24, 2.45) is 9.50 Å². The first-order valence-electron chi connectivity index (χ1n) is 11.0. The second-order valence-corrected chi connectivity index (χ2v) is 11.2. The number of aryl methyl sites for hydroxylation is 1. The average Bonchev–Trinajstić information content (AvgIpc) is 3.51. The van der Waals surface area contributed by atoms with Crippen LogP contribution in [0.1, 0.15) is 74.6 Å². The lowest BCUT2D eigenvalue weighted by atomic mass is 9.95. The number of alkyl halides is 2. The maximum absolute atomic E-state index is 13.2. The molecule has 1 aliphatic rings. The highest BCUT2D eigenvalue weighted by molar-refractivity contribution is 7.91. The van der Waals surface area contributed by atoms with E-state index in [2.05, 4.69) is 14.4 Å². The summed E-state index contributed by atoms with van der Waals surface area (Å²) in [4.78, 5) is 13.0. The van der Waals surface area contributed by atoms with E-state index < -0.39 is 28.2 Å². The number of hydrogen-bond donors (Lipinski definition) is 3. The van der Waals surface area contributed by atoms with Gasteiger partial charge in [-0.3, -0.25) is 0 Å². The Hall–Kier alpha value is -2.56. The van der Waals surface area contributed by atoms with Gasteiger partial charge < -0.3 is 15.2 Å². The molecular weight excluding hydrogens is 464 g/mol. The van der Waals surface area contributed by atoms with Gasteiger partial charge in [-0.1, -0.05) is 26.0 Å². The Balaban J connectivity index is 1.98. The van der Waals surface area contributed by atoms with Crippen molar-refractivity contribution in [3.63, 3.8) is 0 Å². The zero-order valence-electron chi connectivity index (χ0n) is 19.9. The largest absolute Gasteiger partial charge is 0.435 e. The van der Waals surface area contributed by atoms with Crippen LogP contribution in [0.4, 0.5) is 19.3 Å². The second-order valence-electron chi connectivity index (χ2n) is 9.41. The first-order chi connectivity index (χ1) is 15.7. The molecule has 186 valence electrons. The summed E-state index contributed by atoms with van der Waals surface area (Å²) in [6, 6.07) is 6.81. The number of anilines is 1. The number of nitrogens with two attached hydrogens (primary N) is 1. The summed E-state index contributed by atoms with van der Waals surface area (Å²) in [5.41, 5.74) is 1.78. The van der Waals surface area contributed by atoms with E-state index in [1.165, 1.54) is 18.2 Å². The Bertz CT molecular complexity index is 1190. The van der Waals surface area contributed by atoms with Crippen LogP contribution in [0, 0.1) is 6.92 Å². The van der Waals surface area contributed by atoms with Crippen molar-refractivity contribution in [1.82, 2.24) is 0 Å². The fourth-order valence-electron chi connectivity index (χ4n) is 3.81. The van der Waals surface area contributed by atoms with Gasteiger partial charge in [-0.25, -0.2) is 14.1 Å². The molecule has 0 radical (unpaired) electrons. The molecular formula is C24H31F2N3O4S. The number of benzene rings is 2. The molecule has 0 aromatic heterocycles. The van der Waals surface area contributed by atoms with Gasteiger partial charge in [-0.15, -0.1) is 4.36 Å². The molecule has 7 nitrogen and oxygen atoms in total. The number of carbonyl (C=O) groups is 1. The quantitative estimate of drug-likeness (QED) is 0.453. The topological polar surface area (TPSA) is 114 Å². The van der Waals surface area contributed by atoms with Crippen LogP contribution in [0.5, 0.6) is 5.75 Å². The zero-order chi connectivity index (χ0) is 25.4. The molecule has 0 spiro atoms. The summed E-state index contributed by atoms with van der Waals surface area (Å²) in [5, 5.41) is 18.9. The molecule has 10 heteroatoms.